The Morgan fingerprint density at radius 1 is 1.13 bits per heavy atom. The molecule has 0 radical (unpaired) electrons. The van der Waals surface area contributed by atoms with Gasteiger partial charge in [-0.3, -0.25) is 4.79 Å². The maximum absolute atomic E-state index is 12.7. The standard InChI is InChI=1S/C21H28N4O4S/c1-16-22-20(24-29-16)21(12-2-3-13-21)23-19(26)11-8-17-6-9-18(10-7-17)30(27,28)25-14-4-5-15-25/h6-7,9-10H,2-5,8,11-15H2,1H3,(H,23,26). The van der Waals surface area contributed by atoms with Crippen LogP contribution in [-0.2, 0) is 26.8 Å². The summed E-state index contributed by atoms with van der Waals surface area (Å²) in [6.45, 7) is 2.92. The minimum absolute atomic E-state index is 0.0619. The molecule has 0 unspecified atom stereocenters. The number of sulfonamides is 1. The van der Waals surface area contributed by atoms with E-state index in [0.717, 1.165) is 44.1 Å². The lowest BCUT2D eigenvalue weighted by molar-refractivity contribution is -0.123. The minimum atomic E-state index is -3.41. The first-order chi connectivity index (χ1) is 14.4. The second-order valence-corrected chi connectivity index (χ2v) is 10.2. The van der Waals surface area contributed by atoms with E-state index in [1.807, 2.05) is 0 Å². The number of nitrogens with one attached hydrogen (secondary N) is 1. The summed E-state index contributed by atoms with van der Waals surface area (Å²) in [6, 6.07) is 6.87. The number of carbonyl (C=O) groups is 1. The lowest BCUT2D eigenvalue weighted by Crippen LogP contribution is -2.44. The van der Waals surface area contributed by atoms with Crippen LogP contribution >= 0.6 is 0 Å². The molecule has 30 heavy (non-hydrogen) atoms. The fourth-order valence-electron chi connectivity index (χ4n) is 4.37. The van der Waals surface area contributed by atoms with E-state index in [1.165, 1.54) is 4.31 Å². The van der Waals surface area contributed by atoms with E-state index in [2.05, 4.69) is 15.5 Å². The van der Waals surface area contributed by atoms with Crippen molar-refractivity contribution in [2.45, 2.75) is 68.7 Å². The van der Waals surface area contributed by atoms with Gasteiger partial charge in [0.05, 0.1) is 4.90 Å². The Morgan fingerprint density at radius 3 is 2.40 bits per heavy atom. The highest BCUT2D eigenvalue weighted by atomic mass is 32.2. The Hall–Kier alpha value is -2.26. The van der Waals surface area contributed by atoms with Crippen LogP contribution in [0, 0.1) is 6.92 Å². The third-order valence-corrected chi connectivity index (χ3v) is 7.97. The van der Waals surface area contributed by atoms with Crippen molar-refractivity contribution in [2.75, 3.05) is 13.1 Å². The average Bonchev–Trinajstić information content (AvgIpc) is 3.49. The van der Waals surface area contributed by atoms with Gasteiger partial charge in [0.25, 0.3) is 0 Å². The lowest BCUT2D eigenvalue weighted by atomic mass is 9.96. The molecule has 2 heterocycles. The molecule has 1 saturated carbocycles. The number of benzene rings is 1. The molecule has 8 nitrogen and oxygen atoms in total. The summed E-state index contributed by atoms with van der Waals surface area (Å²) in [5.41, 5.74) is 0.393. The van der Waals surface area contributed by atoms with Gasteiger partial charge in [-0.2, -0.15) is 9.29 Å². The zero-order valence-electron chi connectivity index (χ0n) is 17.3. The minimum Gasteiger partial charge on any atom is -0.343 e. The van der Waals surface area contributed by atoms with Crippen LogP contribution in [0.2, 0.25) is 0 Å². The van der Waals surface area contributed by atoms with Gasteiger partial charge in [-0.05, 0) is 49.8 Å². The van der Waals surface area contributed by atoms with Gasteiger partial charge in [0.1, 0.15) is 5.54 Å². The van der Waals surface area contributed by atoms with Crippen molar-refractivity contribution in [3.63, 3.8) is 0 Å². The van der Waals surface area contributed by atoms with Gasteiger partial charge in [0.2, 0.25) is 21.8 Å². The summed E-state index contributed by atoms with van der Waals surface area (Å²) in [7, 11) is -3.41. The zero-order valence-corrected chi connectivity index (χ0v) is 18.1. The van der Waals surface area contributed by atoms with Crippen LogP contribution < -0.4 is 5.32 Å². The molecule has 162 valence electrons. The zero-order chi connectivity index (χ0) is 21.2. The monoisotopic (exact) mass is 432 g/mol. The molecule has 1 aromatic carbocycles. The molecule has 4 rings (SSSR count). The Kier molecular flexibility index (Phi) is 5.92. The van der Waals surface area contributed by atoms with E-state index < -0.39 is 15.6 Å². The average molecular weight is 433 g/mol. The highest BCUT2D eigenvalue weighted by Gasteiger charge is 2.41. The van der Waals surface area contributed by atoms with Gasteiger partial charge in [0, 0.05) is 26.4 Å². The lowest BCUT2D eigenvalue weighted by Gasteiger charge is -2.26. The van der Waals surface area contributed by atoms with Crippen molar-refractivity contribution in [3.05, 3.63) is 41.5 Å². The molecule has 0 atom stereocenters. The number of hydrogen-bond acceptors (Lipinski definition) is 6. The molecule has 2 aromatic rings. The van der Waals surface area contributed by atoms with E-state index in [-0.39, 0.29) is 5.91 Å². The maximum atomic E-state index is 12.7. The molecule has 1 aromatic heterocycles. The second kappa shape index (κ2) is 8.47. The van der Waals surface area contributed by atoms with Gasteiger partial charge in [0.15, 0.2) is 5.82 Å². The molecule has 1 aliphatic heterocycles. The first kappa shape index (κ1) is 21.0. The number of amides is 1. The molecule has 2 fully saturated rings. The Balaban J connectivity index is 1.37. The van der Waals surface area contributed by atoms with Crippen molar-refractivity contribution < 1.29 is 17.7 Å². The Bertz CT molecular complexity index is 988. The van der Waals surface area contributed by atoms with Crippen molar-refractivity contribution >= 4 is 15.9 Å². The Labute approximate surface area is 177 Å². The van der Waals surface area contributed by atoms with Crippen LogP contribution in [0.5, 0.6) is 0 Å². The molecule has 2 aliphatic rings. The van der Waals surface area contributed by atoms with E-state index in [4.69, 9.17) is 4.52 Å². The predicted octanol–water partition coefficient (Wildman–Crippen LogP) is 2.68. The number of nitrogens with zero attached hydrogens (tertiary/aromatic N) is 3. The van der Waals surface area contributed by atoms with Crippen molar-refractivity contribution in [1.82, 2.24) is 19.8 Å². The number of aromatic nitrogens is 2. The van der Waals surface area contributed by atoms with Gasteiger partial charge < -0.3 is 9.84 Å². The van der Waals surface area contributed by atoms with Crippen LogP contribution in [0.3, 0.4) is 0 Å². The Morgan fingerprint density at radius 2 is 1.80 bits per heavy atom. The largest absolute Gasteiger partial charge is 0.343 e. The summed E-state index contributed by atoms with van der Waals surface area (Å²) in [4.78, 5) is 17.3. The molecule has 0 spiro atoms. The van der Waals surface area contributed by atoms with E-state index in [0.29, 0.717) is 42.5 Å². The smallest absolute Gasteiger partial charge is 0.243 e. The van der Waals surface area contributed by atoms with E-state index in [1.54, 1.807) is 31.2 Å². The molecular weight excluding hydrogens is 404 g/mol. The molecule has 1 amide bonds. The van der Waals surface area contributed by atoms with Crippen molar-refractivity contribution in [2.24, 2.45) is 0 Å². The molecular formula is C21H28N4O4S. The molecule has 1 saturated heterocycles. The van der Waals surface area contributed by atoms with Crippen LogP contribution in [-0.4, -0.2) is 41.9 Å². The van der Waals surface area contributed by atoms with Gasteiger partial charge in [-0.1, -0.05) is 30.1 Å². The number of rotatable bonds is 7. The quantitative estimate of drug-likeness (QED) is 0.721. The molecule has 9 heteroatoms. The summed E-state index contributed by atoms with van der Waals surface area (Å²) in [5.74, 6) is 0.991. The van der Waals surface area contributed by atoms with Crippen molar-refractivity contribution in [3.8, 4) is 0 Å². The van der Waals surface area contributed by atoms with Crippen LogP contribution in [0.4, 0.5) is 0 Å². The van der Waals surface area contributed by atoms with Crippen LogP contribution in [0.1, 0.15) is 62.2 Å². The fourth-order valence-corrected chi connectivity index (χ4v) is 5.89. The highest BCUT2D eigenvalue weighted by molar-refractivity contribution is 7.89. The summed E-state index contributed by atoms with van der Waals surface area (Å²) in [5, 5.41) is 7.18. The first-order valence-electron chi connectivity index (χ1n) is 10.6. The van der Waals surface area contributed by atoms with E-state index in [9.17, 15) is 13.2 Å². The molecule has 1 N–H and O–H groups in total. The predicted molar refractivity (Wildman–Crippen MR) is 110 cm³/mol. The van der Waals surface area contributed by atoms with Crippen LogP contribution in [0.15, 0.2) is 33.7 Å². The van der Waals surface area contributed by atoms with Crippen LogP contribution in [0.25, 0.3) is 0 Å². The molecule has 0 bridgehead atoms. The number of aryl methyl sites for hydroxylation is 2. The molecule has 1 aliphatic carbocycles. The second-order valence-electron chi connectivity index (χ2n) is 8.23. The maximum Gasteiger partial charge on any atom is 0.243 e. The van der Waals surface area contributed by atoms with Crippen molar-refractivity contribution in [1.29, 1.82) is 0 Å². The van der Waals surface area contributed by atoms with Gasteiger partial charge >= 0.3 is 0 Å². The summed E-state index contributed by atoms with van der Waals surface area (Å²) < 4.78 is 31.9. The summed E-state index contributed by atoms with van der Waals surface area (Å²) in [6.07, 6.45) is 6.33. The normalized spacial score (nSPS) is 19.2. The number of hydrogen-bond donors (Lipinski definition) is 1. The SMILES string of the molecule is Cc1nc(C2(NC(=O)CCc3ccc(S(=O)(=O)N4CCCC4)cc3)CCCC2)no1. The third kappa shape index (κ3) is 4.27. The summed E-state index contributed by atoms with van der Waals surface area (Å²) >= 11 is 0. The third-order valence-electron chi connectivity index (χ3n) is 6.06. The topological polar surface area (TPSA) is 105 Å². The first-order valence-corrected chi connectivity index (χ1v) is 12.0. The van der Waals surface area contributed by atoms with Gasteiger partial charge in [-0.25, -0.2) is 8.42 Å². The fraction of sp³-hybridized carbons (Fsp3) is 0.571. The highest BCUT2D eigenvalue weighted by Crippen LogP contribution is 2.37. The van der Waals surface area contributed by atoms with E-state index >= 15 is 0 Å². The van der Waals surface area contributed by atoms with Gasteiger partial charge in [-0.15, -0.1) is 0 Å². The number of carbonyl (C=O) groups excluding carboxylic acids is 1.